The first-order valence-corrected chi connectivity index (χ1v) is 4.85. The van der Waals surface area contributed by atoms with E-state index in [-0.39, 0.29) is 11.5 Å². The van der Waals surface area contributed by atoms with E-state index in [1.807, 2.05) is 18.2 Å². The Kier molecular flexibility index (Phi) is 2.48. The molecule has 0 saturated heterocycles. The lowest BCUT2D eigenvalue weighted by Crippen LogP contribution is -2.07. The number of ether oxygens (including phenoxy) is 1. The Morgan fingerprint density at radius 3 is 2.56 bits per heavy atom. The number of esters is 1. The van der Waals surface area contributed by atoms with Gasteiger partial charge in [-0.1, -0.05) is 18.2 Å². The van der Waals surface area contributed by atoms with Crippen LogP contribution >= 0.6 is 0 Å². The van der Waals surface area contributed by atoms with Crippen LogP contribution in [0.3, 0.4) is 0 Å². The van der Waals surface area contributed by atoms with Crippen LogP contribution in [-0.4, -0.2) is 23.8 Å². The molecule has 0 saturated carbocycles. The monoisotopic (exact) mass is 217 g/mol. The molecule has 0 atom stereocenters. The van der Waals surface area contributed by atoms with Gasteiger partial charge in [0.15, 0.2) is 5.78 Å². The standard InChI is InChI=1S/C12H11NO3/c1-7(14)10-8-5-3-4-6-9(8)13-11(10)12(15)16-2/h3-6,13H,1-2H3. The number of fused-ring (bicyclic) bond motifs is 1. The molecule has 0 aliphatic heterocycles. The second-order valence-electron chi connectivity index (χ2n) is 3.47. The van der Waals surface area contributed by atoms with Crippen molar-refractivity contribution in [2.24, 2.45) is 0 Å². The zero-order valence-electron chi connectivity index (χ0n) is 9.03. The number of ketones is 1. The van der Waals surface area contributed by atoms with E-state index in [0.717, 1.165) is 10.9 Å². The van der Waals surface area contributed by atoms with Gasteiger partial charge in [0.05, 0.1) is 12.7 Å². The Morgan fingerprint density at radius 2 is 1.94 bits per heavy atom. The fraction of sp³-hybridized carbons (Fsp3) is 0.167. The van der Waals surface area contributed by atoms with Crippen LogP contribution in [0, 0.1) is 0 Å². The topological polar surface area (TPSA) is 59.2 Å². The Hall–Kier alpha value is -2.10. The van der Waals surface area contributed by atoms with Crippen molar-refractivity contribution in [2.45, 2.75) is 6.92 Å². The molecule has 4 heteroatoms. The van der Waals surface area contributed by atoms with Crippen LogP contribution in [0.25, 0.3) is 10.9 Å². The lowest BCUT2D eigenvalue weighted by atomic mass is 10.1. The maximum absolute atomic E-state index is 11.5. The molecular formula is C12H11NO3. The molecule has 0 radical (unpaired) electrons. The van der Waals surface area contributed by atoms with Crippen molar-refractivity contribution in [3.8, 4) is 0 Å². The van der Waals surface area contributed by atoms with Crippen LogP contribution in [0.15, 0.2) is 24.3 Å². The maximum Gasteiger partial charge on any atom is 0.355 e. The van der Waals surface area contributed by atoms with Gasteiger partial charge in [-0.3, -0.25) is 4.79 Å². The van der Waals surface area contributed by atoms with E-state index in [4.69, 9.17) is 0 Å². The third kappa shape index (κ3) is 1.48. The minimum atomic E-state index is -0.526. The number of Topliss-reactive ketones (excluding diaryl/α,β-unsaturated/α-hetero) is 1. The number of carbonyl (C=O) groups excluding carboxylic acids is 2. The zero-order valence-corrected chi connectivity index (χ0v) is 9.03. The summed E-state index contributed by atoms with van der Waals surface area (Å²) in [6, 6.07) is 7.27. The van der Waals surface area contributed by atoms with Gasteiger partial charge in [-0.25, -0.2) is 4.79 Å². The van der Waals surface area contributed by atoms with Crippen molar-refractivity contribution >= 4 is 22.7 Å². The quantitative estimate of drug-likeness (QED) is 0.619. The Balaban J connectivity index is 2.78. The van der Waals surface area contributed by atoms with Crippen molar-refractivity contribution < 1.29 is 14.3 Å². The molecule has 0 amide bonds. The maximum atomic E-state index is 11.5. The summed E-state index contributed by atoms with van der Waals surface area (Å²) in [5, 5.41) is 0.746. The van der Waals surface area contributed by atoms with Crippen LogP contribution in [0.5, 0.6) is 0 Å². The van der Waals surface area contributed by atoms with Crippen LogP contribution in [0.4, 0.5) is 0 Å². The Labute approximate surface area is 92.2 Å². The number of aromatic nitrogens is 1. The van der Waals surface area contributed by atoms with Crippen molar-refractivity contribution in [1.29, 1.82) is 0 Å². The summed E-state index contributed by atoms with van der Waals surface area (Å²) in [7, 11) is 1.29. The molecule has 4 nitrogen and oxygen atoms in total. The molecule has 0 unspecified atom stereocenters. The number of benzene rings is 1. The van der Waals surface area contributed by atoms with E-state index >= 15 is 0 Å². The minimum absolute atomic E-state index is 0.155. The highest BCUT2D eigenvalue weighted by Crippen LogP contribution is 2.23. The van der Waals surface area contributed by atoms with Crippen LogP contribution in [0.2, 0.25) is 0 Å². The number of methoxy groups -OCH3 is 1. The second kappa shape index (κ2) is 3.81. The fourth-order valence-electron chi connectivity index (χ4n) is 1.76. The van der Waals surface area contributed by atoms with E-state index in [2.05, 4.69) is 9.72 Å². The van der Waals surface area contributed by atoms with Gasteiger partial charge < -0.3 is 9.72 Å². The Bertz CT molecular complexity index is 569. The predicted octanol–water partition coefficient (Wildman–Crippen LogP) is 2.16. The van der Waals surface area contributed by atoms with E-state index in [1.165, 1.54) is 14.0 Å². The highest BCUT2D eigenvalue weighted by atomic mass is 16.5. The van der Waals surface area contributed by atoms with Gasteiger partial charge in [0, 0.05) is 10.9 Å². The van der Waals surface area contributed by atoms with E-state index in [1.54, 1.807) is 6.07 Å². The highest BCUT2D eigenvalue weighted by molar-refractivity contribution is 6.14. The molecule has 82 valence electrons. The van der Waals surface area contributed by atoms with Crippen LogP contribution in [-0.2, 0) is 4.74 Å². The zero-order chi connectivity index (χ0) is 11.7. The molecule has 0 aliphatic carbocycles. The molecular weight excluding hydrogens is 206 g/mol. The second-order valence-corrected chi connectivity index (χ2v) is 3.47. The van der Waals surface area contributed by atoms with Gasteiger partial charge in [0.25, 0.3) is 0 Å². The number of hydrogen-bond acceptors (Lipinski definition) is 3. The molecule has 1 heterocycles. The number of carbonyl (C=O) groups is 2. The molecule has 16 heavy (non-hydrogen) atoms. The average molecular weight is 217 g/mol. The van der Waals surface area contributed by atoms with Gasteiger partial charge >= 0.3 is 5.97 Å². The largest absolute Gasteiger partial charge is 0.464 e. The summed E-state index contributed by atoms with van der Waals surface area (Å²) in [6.07, 6.45) is 0. The summed E-state index contributed by atoms with van der Waals surface area (Å²) in [6.45, 7) is 1.43. The number of hydrogen-bond donors (Lipinski definition) is 1. The fourth-order valence-corrected chi connectivity index (χ4v) is 1.76. The number of aromatic amines is 1. The third-order valence-corrected chi connectivity index (χ3v) is 2.45. The summed E-state index contributed by atoms with van der Waals surface area (Å²) in [5.41, 5.74) is 1.37. The van der Waals surface area contributed by atoms with Gasteiger partial charge in [-0.05, 0) is 13.0 Å². The molecule has 2 aromatic rings. The lowest BCUT2D eigenvalue weighted by molar-refractivity contribution is 0.0591. The molecule has 1 N–H and O–H groups in total. The van der Waals surface area contributed by atoms with Crippen molar-refractivity contribution in [1.82, 2.24) is 4.98 Å². The van der Waals surface area contributed by atoms with Gasteiger partial charge in [-0.2, -0.15) is 0 Å². The van der Waals surface area contributed by atoms with Crippen molar-refractivity contribution in [3.63, 3.8) is 0 Å². The molecule has 1 aromatic carbocycles. The van der Waals surface area contributed by atoms with Crippen LogP contribution in [0.1, 0.15) is 27.8 Å². The lowest BCUT2D eigenvalue weighted by Gasteiger charge is -1.98. The first-order valence-electron chi connectivity index (χ1n) is 4.85. The van der Waals surface area contributed by atoms with E-state index < -0.39 is 5.97 Å². The molecule has 0 bridgehead atoms. The summed E-state index contributed by atoms with van der Waals surface area (Å²) in [4.78, 5) is 25.9. The SMILES string of the molecule is COC(=O)c1[nH]c2ccccc2c1C(C)=O. The third-order valence-electron chi connectivity index (χ3n) is 2.45. The van der Waals surface area contributed by atoms with Gasteiger partial charge in [0.2, 0.25) is 0 Å². The smallest absolute Gasteiger partial charge is 0.355 e. The first kappa shape index (κ1) is 10.4. The molecule has 0 spiro atoms. The Morgan fingerprint density at radius 1 is 1.25 bits per heavy atom. The van der Waals surface area contributed by atoms with Gasteiger partial charge in [-0.15, -0.1) is 0 Å². The number of rotatable bonds is 2. The van der Waals surface area contributed by atoms with Crippen molar-refractivity contribution in [3.05, 3.63) is 35.5 Å². The summed E-state index contributed by atoms with van der Waals surface area (Å²) in [5.74, 6) is -0.681. The minimum Gasteiger partial charge on any atom is -0.464 e. The number of para-hydroxylation sites is 1. The number of H-pyrrole nitrogens is 1. The predicted molar refractivity (Wildman–Crippen MR) is 59.6 cm³/mol. The van der Waals surface area contributed by atoms with Crippen LogP contribution < -0.4 is 0 Å². The summed E-state index contributed by atoms with van der Waals surface area (Å²) >= 11 is 0. The molecule has 2 rings (SSSR count). The van der Waals surface area contributed by atoms with E-state index in [9.17, 15) is 9.59 Å². The normalized spacial score (nSPS) is 10.4. The van der Waals surface area contributed by atoms with E-state index in [0.29, 0.717) is 5.56 Å². The molecule has 0 fully saturated rings. The van der Waals surface area contributed by atoms with Crippen molar-refractivity contribution in [2.75, 3.05) is 7.11 Å². The molecule has 1 aromatic heterocycles. The molecule has 0 aliphatic rings. The number of nitrogens with one attached hydrogen (secondary N) is 1. The average Bonchev–Trinajstić information content (AvgIpc) is 2.67. The summed E-state index contributed by atoms with van der Waals surface area (Å²) < 4.78 is 4.63. The van der Waals surface area contributed by atoms with Gasteiger partial charge in [0.1, 0.15) is 5.69 Å². The first-order chi connectivity index (χ1) is 7.65. The highest BCUT2D eigenvalue weighted by Gasteiger charge is 2.20.